The monoisotopic (exact) mass is 356 g/mol. The van der Waals surface area contributed by atoms with Gasteiger partial charge in [-0.2, -0.15) is 0 Å². The Morgan fingerprint density at radius 2 is 1.85 bits per heavy atom. The van der Waals surface area contributed by atoms with Crippen molar-refractivity contribution in [2.24, 2.45) is 5.41 Å². The number of piperidine rings is 2. The predicted molar refractivity (Wildman–Crippen MR) is 104 cm³/mol. The van der Waals surface area contributed by atoms with Crippen molar-refractivity contribution in [3.63, 3.8) is 0 Å². The second-order valence-corrected chi connectivity index (χ2v) is 9.07. The average molecular weight is 357 g/mol. The topological polar surface area (TPSA) is 32.8 Å². The first-order valence-corrected chi connectivity index (χ1v) is 10.1. The lowest BCUT2D eigenvalue weighted by Crippen LogP contribution is -2.66. The van der Waals surface area contributed by atoms with Crippen LogP contribution < -0.4 is 4.74 Å². The van der Waals surface area contributed by atoms with Gasteiger partial charge in [-0.05, 0) is 60.8 Å². The van der Waals surface area contributed by atoms with E-state index in [2.05, 4.69) is 48.8 Å². The van der Waals surface area contributed by atoms with Gasteiger partial charge in [-0.15, -0.1) is 0 Å². The first kappa shape index (κ1) is 17.7. The van der Waals surface area contributed by atoms with Crippen LogP contribution in [0.2, 0.25) is 0 Å². The zero-order chi connectivity index (χ0) is 18.5. The van der Waals surface area contributed by atoms with Gasteiger partial charge < -0.3 is 14.5 Å². The SMILES string of the molecule is COc1ccc2c(c1)C[C@@H]1N(C(=O)N3CCCCC3)CC[C@@]2(C)C1(C)C. The lowest BCUT2D eigenvalue weighted by atomic mass is 9.51. The van der Waals surface area contributed by atoms with E-state index in [1.807, 2.05) is 0 Å². The summed E-state index contributed by atoms with van der Waals surface area (Å²) < 4.78 is 5.47. The van der Waals surface area contributed by atoms with Crippen LogP contribution in [0, 0.1) is 5.41 Å². The highest BCUT2D eigenvalue weighted by Crippen LogP contribution is 2.56. The molecule has 2 fully saturated rings. The van der Waals surface area contributed by atoms with Crippen LogP contribution in [0.4, 0.5) is 4.79 Å². The highest BCUT2D eigenvalue weighted by atomic mass is 16.5. The molecule has 2 aliphatic heterocycles. The maximum absolute atomic E-state index is 13.3. The molecule has 4 rings (SSSR count). The second kappa shape index (κ2) is 6.17. The van der Waals surface area contributed by atoms with E-state index >= 15 is 0 Å². The van der Waals surface area contributed by atoms with Crippen LogP contribution in [0.25, 0.3) is 0 Å². The third kappa shape index (κ3) is 2.44. The van der Waals surface area contributed by atoms with E-state index in [0.29, 0.717) is 0 Å². The number of benzene rings is 1. The number of nitrogens with zero attached hydrogens (tertiary/aromatic N) is 2. The molecule has 2 atom stereocenters. The number of rotatable bonds is 1. The molecule has 2 saturated heterocycles. The van der Waals surface area contributed by atoms with Crippen LogP contribution in [-0.2, 0) is 11.8 Å². The summed E-state index contributed by atoms with van der Waals surface area (Å²) in [5.41, 5.74) is 2.95. The molecule has 0 spiro atoms. The number of hydrogen-bond acceptors (Lipinski definition) is 2. The number of carbonyl (C=O) groups excluding carboxylic acids is 1. The minimum atomic E-state index is 0.0539. The zero-order valence-corrected chi connectivity index (χ0v) is 16.7. The second-order valence-electron chi connectivity index (χ2n) is 9.07. The molecule has 142 valence electrons. The Hall–Kier alpha value is -1.71. The molecule has 0 unspecified atom stereocenters. The Kier molecular flexibility index (Phi) is 4.20. The summed E-state index contributed by atoms with van der Waals surface area (Å²) in [7, 11) is 1.73. The van der Waals surface area contributed by atoms with Crippen LogP contribution in [0.3, 0.4) is 0 Å². The summed E-state index contributed by atoms with van der Waals surface area (Å²) in [6.45, 7) is 9.83. The Balaban J connectivity index is 1.70. The molecule has 3 aliphatic rings. The molecule has 1 aliphatic carbocycles. The molecule has 2 heterocycles. The third-order valence-corrected chi connectivity index (χ3v) is 7.68. The van der Waals surface area contributed by atoms with Gasteiger partial charge >= 0.3 is 6.03 Å². The van der Waals surface area contributed by atoms with Crippen molar-refractivity contribution in [3.8, 4) is 5.75 Å². The number of ether oxygens (including phenoxy) is 1. The van der Waals surface area contributed by atoms with Gasteiger partial charge in [0.1, 0.15) is 5.75 Å². The van der Waals surface area contributed by atoms with Crippen LogP contribution in [0.5, 0.6) is 5.75 Å². The fourth-order valence-corrected chi connectivity index (χ4v) is 5.53. The van der Waals surface area contributed by atoms with Crippen molar-refractivity contribution in [2.45, 2.75) is 64.3 Å². The van der Waals surface area contributed by atoms with Gasteiger partial charge in [0.05, 0.1) is 7.11 Å². The number of amides is 2. The van der Waals surface area contributed by atoms with Gasteiger partial charge in [0.25, 0.3) is 0 Å². The van der Waals surface area contributed by atoms with Crippen molar-refractivity contribution in [1.82, 2.24) is 9.80 Å². The molecule has 0 radical (unpaired) electrons. The number of carbonyl (C=O) groups is 1. The van der Waals surface area contributed by atoms with Crippen LogP contribution >= 0.6 is 0 Å². The molecule has 0 N–H and O–H groups in total. The smallest absolute Gasteiger partial charge is 0.320 e. The van der Waals surface area contributed by atoms with Gasteiger partial charge in [-0.1, -0.05) is 26.8 Å². The molecule has 0 saturated carbocycles. The molecule has 0 aromatic heterocycles. The molecule has 1 aromatic rings. The zero-order valence-electron chi connectivity index (χ0n) is 16.7. The Morgan fingerprint density at radius 1 is 1.12 bits per heavy atom. The summed E-state index contributed by atoms with van der Waals surface area (Å²) >= 11 is 0. The largest absolute Gasteiger partial charge is 0.497 e. The standard InChI is InChI=1S/C22H32N2O2/c1-21(2)19-15-16-14-17(26-4)8-9-18(16)22(21,3)10-13-24(19)20(25)23-11-6-5-7-12-23/h8-9,14,19H,5-7,10-13,15H2,1-4H3/t19-,22+/m0/s1. The van der Waals surface area contributed by atoms with Gasteiger partial charge in [0.15, 0.2) is 0 Å². The fraction of sp³-hybridized carbons (Fsp3) is 0.682. The normalized spacial score (nSPS) is 29.9. The molecule has 1 aromatic carbocycles. The number of likely N-dealkylation sites (tertiary alicyclic amines) is 2. The molecule has 4 heteroatoms. The summed E-state index contributed by atoms with van der Waals surface area (Å²) in [5, 5.41) is 0. The molecule has 26 heavy (non-hydrogen) atoms. The molecule has 2 bridgehead atoms. The number of methoxy groups -OCH3 is 1. The predicted octanol–water partition coefficient (Wildman–Crippen LogP) is 4.22. The van der Waals surface area contributed by atoms with E-state index in [9.17, 15) is 4.79 Å². The van der Waals surface area contributed by atoms with Crippen LogP contribution in [0.15, 0.2) is 18.2 Å². The Morgan fingerprint density at radius 3 is 2.54 bits per heavy atom. The maximum atomic E-state index is 13.3. The van der Waals surface area contributed by atoms with Crippen molar-refractivity contribution in [3.05, 3.63) is 29.3 Å². The van der Waals surface area contributed by atoms with E-state index in [1.165, 1.54) is 17.5 Å². The van der Waals surface area contributed by atoms with Crippen molar-refractivity contribution in [1.29, 1.82) is 0 Å². The fourth-order valence-electron chi connectivity index (χ4n) is 5.53. The van der Waals surface area contributed by atoms with E-state index in [-0.39, 0.29) is 22.9 Å². The first-order chi connectivity index (χ1) is 12.4. The van der Waals surface area contributed by atoms with E-state index in [0.717, 1.165) is 51.1 Å². The average Bonchev–Trinajstić information content (AvgIpc) is 2.64. The maximum Gasteiger partial charge on any atom is 0.320 e. The quantitative estimate of drug-likeness (QED) is 0.755. The van der Waals surface area contributed by atoms with E-state index in [4.69, 9.17) is 4.74 Å². The van der Waals surface area contributed by atoms with Gasteiger partial charge in [0, 0.05) is 31.1 Å². The van der Waals surface area contributed by atoms with Crippen molar-refractivity contribution in [2.75, 3.05) is 26.7 Å². The molecule has 2 amide bonds. The highest BCUT2D eigenvalue weighted by Gasteiger charge is 2.57. The summed E-state index contributed by atoms with van der Waals surface area (Å²) in [5.74, 6) is 0.916. The number of hydrogen-bond donors (Lipinski definition) is 0. The van der Waals surface area contributed by atoms with Gasteiger partial charge in [-0.25, -0.2) is 4.79 Å². The van der Waals surface area contributed by atoms with E-state index < -0.39 is 0 Å². The van der Waals surface area contributed by atoms with Crippen molar-refractivity contribution >= 4 is 6.03 Å². The summed E-state index contributed by atoms with van der Waals surface area (Å²) in [6.07, 6.45) is 5.49. The van der Waals surface area contributed by atoms with Crippen LogP contribution in [-0.4, -0.2) is 48.6 Å². The Bertz CT molecular complexity index is 708. The highest BCUT2D eigenvalue weighted by molar-refractivity contribution is 5.75. The summed E-state index contributed by atoms with van der Waals surface area (Å²) in [4.78, 5) is 17.6. The number of fused-ring (bicyclic) bond motifs is 4. The number of urea groups is 1. The minimum absolute atomic E-state index is 0.0539. The van der Waals surface area contributed by atoms with Crippen molar-refractivity contribution < 1.29 is 9.53 Å². The first-order valence-electron chi connectivity index (χ1n) is 10.1. The van der Waals surface area contributed by atoms with Gasteiger partial charge in [0.2, 0.25) is 0 Å². The van der Waals surface area contributed by atoms with Gasteiger partial charge in [-0.3, -0.25) is 0 Å². The molecular weight excluding hydrogens is 324 g/mol. The Labute approximate surface area is 157 Å². The molecular formula is C22H32N2O2. The summed E-state index contributed by atoms with van der Waals surface area (Å²) in [6, 6.07) is 7.04. The van der Waals surface area contributed by atoms with Crippen LogP contribution in [0.1, 0.15) is 57.6 Å². The lowest BCUT2D eigenvalue weighted by molar-refractivity contribution is -0.0242. The third-order valence-electron chi connectivity index (χ3n) is 7.68. The minimum Gasteiger partial charge on any atom is -0.497 e. The molecule has 4 nitrogen and oxygen atoms in total. The van der Waals surface area contributed by atoms with E-state index in [1.54, 1.807) is 7.11 Å². The lowest BCUT2D eigenvalue weighted by Gasteiger charge is -2.61.